The van der Waals surface area contributed by atoms with Crippen LogP contribution in [0.4, 0.5) is 0 Å². The lowest BCUT2D eigenvalue weighted by Gasteiger charge is -2.19. The molecule has 0 aliphatic carbocycles. The third-order valence-electron chi connectivity index (χ3n) is 4.35. The minimum absolute atomic E-state index is 0.0307. The van der Waals surface area contributed by atoms with Gasteiger partial charge in [0.1, 0.15) is 11.2 Å². The van der Waals surface area contributed by atoms with E-state index in [1.54, 1.807) is 23.6 Å². The molecule has 158 valence electrons. The highest BCUT2D eigenvalue weighted by molar-refractivity contribution is 7.12. The third kappa shape index (κ3) is 5.56. The molecule has 0 spiro atoms. The van der Waals surface area contributed by atoms with Gasteiger partial charge in [-0.1, -0.05) is 42.6 Å². The SMILES string of the molecule is CCCC(CNC(=O)COC(=O)c1sccc1-n1cnnn1)c1ccc(Cl)cc1Cl. The minimum atomic E-state index is -0.614. The molecule has 0 saturated carbocycles. The average Bonchev–Trinajstić information content (AvgIpc) is 3.41. The summed E-state index contributed by atoms with van der Waals surface area (Å²) in [7, 11) is 0. The van der Waals surface area contributed by atoms with Crippen molar-refractivity contribution in [1.82, 2.24) is 25.5 Å². The highest BCUT2D eigenvalue weighted by Crippen LogP contribution is 2.30. The first-order chi connectivity index (χ1) is 14.5. The summed E-state index contributed by atoms with van der Waals surface area (Å²) in [5, 5.41) is 16.5. The number of carbonyl (C=O) groups excluding carboxylic acids is 2. The van der Waals surface area contributed by atoms with E-state index in [0.29, 0.717) is 27.2 Å². The first-order valence-corrected chi connectivity index (χ1v) is 10.8. The number of ether oxygens (including phenoxy) is 1. The van der Waals surface area contributed by atoms with E-state index in [2.05, 4.69) is 27.8 Å². The second-order valence-corrected chi connectivity index (χ2v) is 8.18. The van der Waals surface area contributed by atoms with Crippen LogP contribution < -0.4 is 5.32 Å². The van der Waals surface area contributed by atoms with Crippen molar-refractivity contribution in [3.8, 4) is 5.69 Å². The van der Waals surface area contributed by atoms with Crippen LogP contribution in [0.25, 0.3) is 5.69 Å². The molecule has 1 atom stereocenters. The van der Waals surface area contributed by atoms with Gasteiger partial charge in [-0.05, 0) is 46.0 Å². The van der Waals surface area contributed by atoms with Crippen LogP contribution in [0.2, 0.25) is 10.0 Å². The van der Waals surface area contributed by atoms with Gasteiger partial charge in [-0.25, -0.2) is 4.79 Å². The Hall–Kier alpha value is -2.49. The van der Waals surface area contributed by atoms with Crippen molar-refractivity contribution in [3.05, 3.63) is 56.5 Å². The van der Waals surface area contributed by atoms with E-state index in [4.69, 9.17) is 27.9 Å². The summed E-state index contributed by atoms with van der Waals surface area (Å²) in [5.74, 6) is -0.977. The number of benzene rings is 1. The van der Waals surface area contributed by atoms with Crippen LogP contribution in [-0.4, -0.2) is 45.2 Å². The predicted molar refractivity (Wildman–Crippen MR) is 114 cm³/mol. The van der Waals surface area contributed by atoms with Crippen LogP contribution in [0.15, 0.2) is 36.0 Å². The van der Waals surface area contributed by atoms with Crippen LogP contribution in [0, 0.1) is 0 Å². The first-order valence-electron chi connectivity index (χ1n) is 9.19. The molecule has 0 saturated heterocycles. The number of thiophene rings is 1. The van der Waals surface area contributed by atoms with E-state index >= 15 is 0 Å². The molecule has 0 bridgehead atoms. The molecule has 1 N–H and O–H groups in total. The fourth-order valence-electron chi connectivity index (χ4n) is 2.94. The molecule has 1 unspecified atom stereocenters. The van der Waals surface area contributed by atoms with Gasteiger partial charge in [0.2, 0.25) is 0 Å². The Morgan fingerprint density at radius 3 is 2.83 bits per heavy atom. The van der Waals surface area contributed by atoms with Crippen molar-refractivity contribution in [3.63, 3.8) is 0 Å². The normalized spacial score (nSPS) is 11.8. The van der Waals surface area contributed by atoms with Crippen molar-refractivity contribution < 1.29 is 14.3 Å². The number of tetrazole rings is 1. The van der Waals surface area contributed by atoms with Gasteiger partial charge in [-0.3, -0.25) is 4.79 Å². The quantitative estimate of drug-likeness (QED) is 0.479. The Balaban J connectivity index is 1.55. The third-order valence-corrected chi connectivity index (χ3v) is 5.79. The van der Waals surface area contributed by atoms with Crippen LogP contribution in [0.5, 0.6) is 0 Å². The Labute approximate surface area is 187 Å². The molecule has 3 rings (SSSR count). The van der Waals surface area contributed by atoms with Gasteiger partial charge in [0.15, 0.2) is 6.61 Å². The van der Waals surface area contributed by atoms with Gasteiger partial charge in [-0.2, -0.15) is 4.68 Å². The molecular formula is C19H19Cl2N5O3S. The second kappa shape index (κ2) is 10.5. The molecular weight excluding hydrogens is 449 g/mol. The maximum Gasteiger partial charge on any atom is 0.351 e. The first kappa shape index (κ1) is 22.2. The molecule has 0 radical (unpaired) electrons. The lowest BCUT2D eigenvalue weighted by Crippen LogP contribution is -2.32. The summed E-state index contributed by atoms with van der Waals surface area (Å²) in [4.78, 5) is 24.9. The molecule has 0 aliphatic heterocycles. The highest BCUT2D eigenvalue weighted by Gasteiger charge is 2.19. The van der Waals surface area contributed by atoms with Gasteiger partial charge in [-0.15, -0.1) is 16.4 Å². The molecule has 2 aromatic heterocycles. The molecule has 1 amide bonds. The molecule has 8 nitrogen and oxygen atoms in total. The summed E-state index contributed by atoms with van der Waals surface area (Å²) < 4.78 is 6.52. The molecule has 2 heterocycles. The summed E-state index contributed by atoms with van der Waals surface area (Å²) in [6, 6.07) is 7.03. The number of hydrogen-bond acceptors (Lipinski definition) is 7. The molecule has 0 fully saturated rings. The Bertz CT molecular complexity index is 1010. The van der Waals surface area contributed by atoms with Gasteiger partial charge >= 0.3 is 5.97 Å². The summed E-state index contributed by atoms with van der Waals surface area (Å²) in [6.07, 6.45) is 3.14. The summed E-state index contributed by atoms with van der Waals surface area (Å²) in [6.45, 7) is 2.04. The molecule has 3 aromatic rings. The Morgan fingerprint density at radius 2 is 2.13 bits per heavy atom. The van der Waals surface area contributed by atoms with Gasteiger partial charge < -0.3 is 10.1 Å². The Kier molecular flexibility index (Phi) is 7.78. The number of hydrogen-bond donors (Lipinski definition) is 1. The standard InChI is InChI=1S/C19H19Cl2N5O3S/c1-2-3-12(14-5-4-13(20)8-15(14)21)9-22-17(27)10-29-19(28)18-16(6-7-30-18)26-11-23-24-25-26/h4-8,11-12H,2-3,9-10H2,1H3,(H,22,27). The van der Waals surface area contributed by atoms with Crippen LogP contribution in [0.3, 0.4) is 0 Å². The van der Waals surface area contributed by atoms with Crippen LogP contribution in [0.1, 0.15) is 40.9 Å². The number of carbonyl (C=O) groups is 2. The van der Waals surface area contributed by atoms with Gasteiger partial charge in [0.25, 0.3) is 5.91 Å². The molecule has 1 aromatic carbocycles. The lowest BCUT2D eigenvalue weighted by atomic mass is 9.94. The zero-order valence-electron chi connectivity index (χ0n) is 16.0. The predicted octanol–water partition coefficient (Wildman–Crippen LogP) is 3.89. The zero-order chi connectivity index (χ0) is 21.5. The van der Waals surface area contributed by atoms with Crippen molar-refractivity contribution in [2.24, 2.45) is 0 Å². The van der Waals surface area contributed by atoms with Gasteiger partial charge in [0.05, 0.1) is 5.69 Å². The Morgan fingerprint density at radius 1 is 1.30 bits per heavy atom. The van der Waals surface area contributed by atoms with Crippen molar-refractivity contribution >= 4 is 46.4 Å². The van der Waals surface area contributed by atoms with E-state index in [0.717, 1.165) is 18.4 Å². The van der Waals surface area contributed by atoms with Crippen LogP contribution in [-0.2, 0) is 9.53 Å². The number of esters is 1. The monoisotopic (exact) mass is 467 g/mol. The van der Waals surface area contributed by atoms with Gasteiger partial charge in [0, 0.05) is 22.5 Å². The maximum absolute atomic E-state index is 12.4. The topological polar surface area (TPSA) is 99.0 Å². The van der Waals surface area contributed by atoms with E-state index < -0.39 is 11.9 Å². The number of halogens is 2. The van der Waals surface area contributed by atoms with Crippen LogP contribution >= 0.6 is 34.5 Å². The number of rotatable bonds is 9. The lowest BCUT2D eigenvalue weighted by molar-refractivity contribution is -0.124. The largest absolute Gasteiger partial charge is 0.451 e. The number of nitrogens with zero attached hydrogens (tertiary/aromatic N) is 4. The summed E-state index contributed by atoms with van der Waals surface area (Å²) >= 11 is 13.5. The smallest absolute Gasteiger partial charge is 0.351 e. The summed E-state index contributed by atoms with van der Waals surface area (Å²) in [5.41, 5.74) is 1.42. The number of amides is 1. The zero-order valence-corrected chi connectivity index (χ0v) is 18.4. The van der Waals surface area contributed by atoms with E-state index in [1.165, 1.54) is 22.3 Å². The van der Waals surface area contributed by atoms with Crippen molar-refractivity contribution in [2.45, 2.75) is 25.7 Å². The molecule has 30 heavy (non-hydrogen) atoms. The maximum atomic E-state index is 12.4. The average molecular weight is 468 g/mol. The fraction of sp³-hybridized carbons (Fsp3) is 0.316. The van der Waals surface area contributed by atoms with E-state index in [-0.39, 0.29) is 12.5 Å². The highest BCUT2D eigenvalue weighted by atomic mass is 35.5. The van der Waals surface area contributed by atoms with E-state index in [9.17, 15) is 9.59 Å². The molecule has 11 heteroatoms. The van der Waals surface area contributed by atoms with Crippen molar-refractivity contribution in [2.75, 3.05) is 13.2 Å². The fourth-order valence-corrected chi connectivity index (χ4v) is 4.27. The minimum Gasteiger partial charge on any atom is -0.451 e. The van der Waals surface area contributed by atoms with Crippen molar-refractivity contribution in [1.29, 1.82) is 0 Å². The number of aromatic nitrogens is 4. The molecule has 0 aliphatic rings. The number of nitrogens with one attached hydrogen (secondary N) is 1. The van der Waals surface area contributed by atoms with E-state index in [1.807, 2.05) is 6.07 Å². The second-order valence-electron chi connectivity index (χ2n) is 6.42.